The molecule has 24 heavy (non-hydrogen) atoms. The van der Waals surface area contributed by atoms with Crippen LogP contribution in [0.15, 0.2) is 0 Å². The number of hydrogen-bond donors (Lipinski definition) is 3. The number of carboxylic acid groups (broad SMARTS) is 1. The lowest BCUT2D eigenvalue weighted by atomic mass is 9.81. The summed E-state index contributed by atoms with van der Waals surface area (Å²) < 4.78 is 4.60. The molecule has 0 aliphatic heterocycles. The number of methoxy groups -OCH3 is 1. The molecule has 2 unspecified atom stereocenters. The Morgan fingerprint density at radius 3 is 2.54 bits per heavy atom. The number of esters is 1. The largest absolute Gasteiger partial charge is 0.481 e. The topological polar surface area (TPSA) is 133 Å². The Balaban J connectivity index is 2.93. The van der Waals surface area contributed by atoms with Gasteiger partial charge < -0.3 is 21.3 Å². The number of aliphatic carboxylic acids is 1. The first-order valence-corrected chi connectivity index (χ1v) is 9.08. The van der Waals surface area contributed by atoms with Gasteiger partial charge in [0.25, 0.3) is 0 Å². The fourth-order valence-corrected chi connectivity index (χ4v) is 4.50. The Labute approximate surface area is 146 Å². The lowest BCUT2D eigenvalue weighted by Gasteiger charge is -2.41. The maximum absolute atomic E-state index is 12.5. The maximum atomic E-state index is 12.5. The van der Waals surface area contributed by atoms with Crippen LogP contribution < -0.4 is 11.5 Å². The molecule has 1 aliphatic carbocycles. The number of carboxylic acids is 1. The maximum Gasteiger partial charge on any atom is 0.334 e. The average Bonchev–Trinajstić information content (AvgIpc) is 2.53. The van der Waals surface area contributed by atoms with Crippen LogP contribution in [0.2, 0.25) is 0 Å². The van der Waals surface area contributed by atoms with Gasteiger partial charge in [-0.2, -0.15) is 11.8 Å². The van der Waals surface area contributed by atoms with Crippen LogP contribution in [-0.4, -0.2) is 52.0 Å². The molecule has 5 N–H and O–H groups in total. The highest BCUT2D eigenvalue weighted by atomic mass is 32.2. The van der Waals surface area contributed by atoms with E-state index < -0.39 is 35.7 Å². The van der Waals surface area contributed by atoms with Gasteiger partial charge in [-0.25, -0.2) is 4.79 Å². The quantitative estimate of drug-likeness (QED) is 0.430. The molecule has 0 amide bonds. The highest BCUT2D eigenvalue weighted by Crippen LogP contribution is 2.44. The van der Waals surface area contributed by atoms with Crippen molar-refractivity contribution >= 4 is 29.5 Å². The Bertz CT molecular complexity index is 501. The number of carbonyl (C=O) groups is 3. The van der Waals surface area contributed by atoms with Crippen molar-refractivity contribution in [3.05, 3.63) is 0 Å². The fourth-order valence-electron chi connectivity index (χ4n) is 3.00. The van der Waals surface area contributed by atoms with E-state index in [0.29, 0.717) is 5.92 Å². The number of hydrogen-bond acceptors (Lipinski definition) is 7. The van der Waals surface area contributed by atoms with E-state index in [-0.39, 0.29) is 10.5 Å². The monoisotopic (exact) mass is 360 g/mol. The molecule has 0 aromatic carbocycles. The molecule has 1 rings (SSSR count). The lowest BCUT2D eigenvalue weighted by molar-refractivity contribution is -0.151. The molecule has 1 fully saturated rings. The molecular weight excluding hydrogens is 332 g/mol. The van der Waals surface area contributed by atoms with E-state index in [1.807, 2.05) is 0 Å². The van der Waals surface area contributed by atoms with E-state index in [9.17, 15) is 14.4 Å². The molecule has 1 aliphatic rings. The summed E-state index contributed by atoms with van der Waals surface area (Å²) in [6, 6.07) is -1.34. The molecule has 0 aromatic heterocycles. The van der Waals surface area contributed by atoms with E-state index in [1.54, 1.807) is 0 Å². The third-order valence-corrected chi connectivity index (χ3v) is 6.82. The van der Waals surface area contributed by atoms with Gasteiger partial charge in [0.1, 0.15) is 0 Å². The fraction of sp³-hybridized carbons (Fsp3) is 0.812. The Kier molecular flexibility index (Phi) is 7.25. The van der Waals surface area contributed by atoms with E-state index in [1.165, 1.54) is 18.2 Å². The van der Waals surface area contributed by atoms with Crippen molar-refractivity contribution in [3.8, 4) is 0 Å². The highest BCUT2D eigenvalue weighted by molar-refractivity contribution is 8.00. The van der Waals surface area contributed by atoms with Gasteiger partial charge in [-0.15, -0.1) is 0 Å². The standard InChI is InChI=1S/C16H28N2O5S/c1-10-6-4-5-7-15(10,2)24-9-16(18,14(22)23-3)13(21)11(17)8-12(19)20/h10-11H,4-9,17-18H2,1-3H3,(H,19,20)/t10?,11-,15?,16+/m0/s1. The van der Waals surface area contributed by atoms with E-state index in [0.717, 1.165) is 26.4 Å². The molecule has 0 radical (unpaired) electrons. The Hall–Kier alpha value is -1.12. The van der Waals surface area contributed by atoms with E-state index >= 15 is 0 Å². The van der Waals surface area contributed by atoms with Crippen molar-refractivity contribution in [2.75, 3.05) is 12.9 Å². The minimum atomic E-state index is -1.94. The van der Waals surface area contributed by atoms with E-state index in [2.05, 4.69) is 13.8 Å². The summed E-state index contributed by atoms with van der Waals surface area (Å²) in [5.41, 5.74) is 9.78. The van der Waals surface area contributed by atoms with Crippen molar-refractivity contribution in [1.82, 2.24) is 0 Å². The summed E-state index contributed by atoms with van der Waals surface area (Å²) in [5, 5.41) is 8.81. The van der Waals surface area contributed by atoms with Crippen LogP contribution in [0.3, 0.4) is 0 Å². The molecular formula is C16H28N2O5S. The zero-order valence-corrected chi connectivity index (χ0v) is 15.4. The average molecular weight is 360 g/mol. The van der Waals surface area contributed by atoms with Crippen molar-refractivity contribution in [1.29, 1.82) is 0 Å². The Morgan fingerprint density at radius 1 is 1.42 bits per heavy atom. The van der Waals surface area contributed by atoms with Gasteiger partial charge in [0.15, 0.2) is 11.3 Å². The van der Waals surface area contributed by atoms with Crippen molar-refractivity contribution in [2.45, 2.75) is 62.3 Å². The van der Waals surface area contributed by atoms with Gasteiger partial charge >= 0.3 is 11.9 Å². The molecule has 7 nitrogen and oxygen atoms in total. The normalized spacial score (nSPS) is 27.8. The number of rotatable bonds is 8. The predicted molar refractivity (Wildman–Crippen MR) is 92.7 cm³/mol. The van der Waals surface area contributed by atoms with Gasteiger partial charge in [-0.05, 0) is 18.8 Å². The minimum absolute atomic E-state index is 0.0205. The molecule has 138 valence electrons. The van der Waals surface area contributed by atoms with Crippen LogP contribution in [0.1, 0.15) is 46.0 Å². The molecule has 8 heteroatoms. The number of nitrogens with two attached hydrogens (primary N) is 2. The van der Waals surface area contributed by atoms with Gasteiger partial charge in [0, 0.05) is 10.5 Å². The molecule has 1 saturated carbocycles. The smallest absolute Gasteiger partial charge is 0.334 e. The third kappa shape index (κ3) is 4.70. The summed E-state index contributed by atoms with van der Waals surface area (Å²) in [4.78, 5) is 35.5. The first-order valence-electron chi connectivity index (χ1n) is 8.10. The number of ketones is 1. The van der Waals surface area contributed by atoms with Gasteiger partial charge in [0.2, 0.25) is 0 Å². The summed E-state index contributed by atoms with van der Waals surface area (Å²) in [7, 11) is 1.15. The molecule has 0 saturated heterocycles. The molecule has 0 spiro atoms. The second-order valence-corrected chi connectivity index (χ2v) is 8.29. The van der Waals surface area contributed by atoms with Crippen LogP contribution in [0.5, 0.6) is 0 Å². The predicted octanol–water partition coefficient (Wildman–Crippen LogP) is 0.930. The molecule has 0 heterocycles. The summed E-state index contributed by atoms with van der Waals surface area (Å²) in [5.74, 6) is -2.44. The van der Waals surface area contributed by atoms with Crippen molar-refractivity contribution in [3.63, 3.8) is 0 Å². The zero-order valence-electron chi connectivity index (χ0n) is 14.5. The number of thioether (sulfide) groups is 1. The first-order chi connectivity index (χ1) is 11.1. The zero-order chi connectivity index (χ0) is 18.5. The molecule has 0 aromatic rings. The summed E-state index contributed by atoms with van der Waals surface area (Å²) >= 11 is 1.47. The Morgan fingerprint density at radius 2 is 2.04 bits per heavy atom. The number of Topliss-reactive ketones (excluding diaryl/α,β-unsaturated/α-hetero) is 1. The third-order valence-electron chi connectivity index (χ3n) is 4.95. The van der Waals surface area contributed by atoms with Gasteiger partial charge in [-0.1, -0.05) is 26.7 Å². The van der Waals surface area contributed by atoms with E-state index in [4.69, 9.17) is 21.3 Å². The second kappa shape index (κ2) is 8.31. The summed E-state index contributed by atoms with van der Waals surface area (Å²) in [6.45, 7) is 4.27. The number of carbonyl (C=O) groups excluding carboxylic acids is 2. The van der Waals surface area contributed by atoms with Crippen molar-refractivity contribution < 1.29 is 24.2 Å². The van der Waals surface area contributed by atoms with Gasteiger partial charge in [0.05, 0.1) is 19.6 Å². The summed E-state index contributed by atoms with van der Waals surface area (Å²) in [6.07, 6.45) is 3.75. The van der Waals surface area contributed by atoms with Crippen LogP contribution in [-0.2, 0) is 19.1 Å². The van der Waals surface area contributed by atoms with Crippen molar-refractivity contribution in [2.24, 2.45) is 17.4 Å². The second-order valence-electron chi connectivity index (χ2n) is 6.78. The van der Waals surface area contributed by atoms with Gasteiger partial charge in [-0.3, -0.25) is 9.59 Å². The SMILES string of the molecule is COC(=O)[C@@](N)(CSC1(C)CCCCC1C)C(=O)[C@@H](N)CC(=O)O. The lowest BCUT2D eigenvalue weighted by Crippen LogP contribution is -2.63. The molecule has 4 atom stereocenters. The van der Waals surface area contributed by atoms with Crippen LogP contribution in [0.4, 0.5) is 0 Å². The van der Waals surface area contributed by atoms with Crippen LogP contribution >= 0.6 is 11.8 Å². The minimum Gasteiger partial charge on any atom is -0.481 e. The number of ether oxygens (including phenoxy) is 1. The first kappa shape index (κ1) is 20.9. The molecule has 0 bridgehead atoms. The van der Waals surface area contributed by atoms with Crippen LogP contribution in [0, 0.1) is 5.92 Å². The van der Waals surface area contributed by atoms with Crippen LogP contribution in [0.25, 0.3) is 0 Å². The highest BCUT2D eigenvalue weighted by Gasteiger charge is 2.48.